The molecule has 0 amide bonds. The largest absolute Gasteiger partial charge is 0.478 e. The molecule has 1 atom stereocenters. The van der Waals surface area contributed by atoms with E-state index in [1.807, 2.05) is 4.57 Å². The molecule has 5 nitrogen and oxygen atoms in total. The third-order valence-electron chi connectivity index (χ3n) is 3.45. The number of aromatic carboxylic acids is 1. The van der Waals surface area contributed by atoms with Gasteiger partial charge in [-0.2, -0.15) is 0 Å². The molecule has 0 saturated carbocycles. The average molecular weight is 245 g/mol. The molecule has 2 aromatic rings. The maximum absolute atomic E-state index is 11.0. The molecule has 1 aliphatic heterocycles. The third-order valence-corrected chi connectivity index (χ3v) is 3.45. The van der Waals surface area contributed by atoms with E-state index >= 15 is 0 Å². The first-order chi connectivity index (χ1) is 8.74. The fourth-order valence-corrected chi connectivity index (χ4v) is 2.49. The van der Waals surface area contributed by atoms with Gasteiger partial charge in [-0.3, -0.25) is 0 Å². The number of fused-ring (bicyclic) bond motifs is 1. The van der Waals surface area contributed by atoms with Crippen LogP contribution >= 0.6 is 0 Å². The zero-order chi connectivity index (χ0) is 12.5. The Morgan fingerprint density at radius 1 is 1.56 bits per heavy atom. The molecular formula is C13H15N3O2. The van der Waals surface area contributed by atoms with Crippen LogP contribution < -0.4 is 5.32 Å². The van der Waals surface area contributed by atoms with Gasteiger partial charge in [-0.1, -0.05) is 0 Å². The topological polar surface area (TPSA) is 67.1 Å². The van der Waals surface area contributed by atoms with Crippen molar-refractivity contribution in [1.82, 2.24) is 14.9 Å². The molecule has 18 heavy (non-hydrogen) atoms. The summed E-state index contributed by atoms with van der Waals surface area (Å²) in [5.41, 5.74) is 2.05. The van der Waals surface area contributed by atoms with Gasteiger partial charge in [-0.05, 0) is 37.6 Å². The summed E-state index contributed by atoms with van der Waals surface area (Å²) >= 11 is 0. The minimum absolute atomic E-state index is 0.309. The van der Waals surface area contributed by atoms with E-state index in [0.29, 0.717) is 11.6 Å². The highest BCUT2D eigenvalue weighted by molar-refractivity contribution is 5.92. The normalized spacial score (nSPS) is 19.4. The minimum atomic E-state index is -0.899. The standard InChI is InChI=1S/C13H15N3O2/c17-13(18)9-3-4-11-12(6-9)16(8-15-11)7-10-2-1-5-14-10/h3-4,6,8,10,14H,1-2,5,7H2,(H,17,18). The molecule has 0 aliphatic carbocycles. The van der Waals surface area contributed by atoms with Gasteiger partial charge in [0, 0.05) is 12.6 Å². The number of nitrogens with one attached hydrogen (secondary N) is 1. The van der Waals surface area contributed by atoms with Crippen LogP contribution in [0.1, 0.15) is 23.2 Å². The Labute approximate surface area is 104 Å². The molecule has 2 heterocycles. The van der Waals surface area contributed by atoms with Crippen LogP contribution in [0.2, 0.25) is 0 Å². The number of hydrogen-bond donors (Lipinski definition) is 2. The molecule has 1 aromatic heterocycles. The van der Waals surface area contributed by atoms with Crippen molar-refractivity contribution in [3.8, 4) is 0 Å². The number of carboxylic acid groups (broad SMARTS) is 1. The molecule has 0 spiro atoms. The Balaban J connectivity index is 1.95. The van der Waals surface area contributed by atoms with Crippen molar-refractivity contribution < 1.29 is 9.90 Å². The van der Waals surface area contributed by atoms with Crippen LogP contribution in [0.3, 0.4) is 0 Å². The lowest BCUT2D eigenvalue weighted by molar-refractivity contribution is 0.0697. The van der Waals surface area contributed by atoms with Gasteiger partial charge in [0.05, 0.1) is 22.9 Å². The van der Waals surface area contributed by atoms with Gasteiger partial charge < -0.3 is 15.0 Å². The quantitative estimate of drug-likeness (QED) is 0.859. The lowest BCUT2D eigenvalue weighted by atomic mass is 10.2. The molecule has 1 unspecified atom stereocenters. The number of benzene rings is 1. The number of imidazole rings is 1. The second-order valence-corrected chi connectivity index (χ2v) is 4.70. The molecule has 3 rings (SSSR count). The number of rotatable bonds is 3. The summed E-state index contributed by atoms with van der Waals surface area (Å²) in [7, 11) is 0. The summed E-state index contributed by atoms with van der Waals surface area (Å²) in [6.07, 6.45) is 4.16. The van der Waals surface area contributed by atoms with Crippen molar-refractivity contribution in [3.63, 3.8) is 0 Å². The molecule has 94 valence electrons. The fraction of sp³-hybridized carbons (Fsp3) is 0.385. The Hall–Kier alpha value is -1.88. The van der Waals surface area contributed by atoms with E-state index in [1.165, 1.54) is 6.42 Å². The van der Waals surface area contributed by atoms with Crippen LogP contribution in [0.25, 0.3) is 11.0 Å². The van der Waals surface area contributed by atoms with E-state index in [9.17, 15) is 4.79 Å². The van der Waals surface area contributed by atoms with Gasteiger partial charge >= 0.3 is 5.97 Å². The van der Waals surface area contributed by atoms with Crippen molar-refractivity contribution in [2.24, 2.45) is 0 Å². The molecule has 1 aromatic carbocycles. The monoisotopic (exact) mass is 245 g/mol. The molecule has 1 aliphatic rings. The van der Waals surface area contributed by atoms with Gasteiger partial charge in [0.15, 0.2) is 0 Å². The van der Waals surface area contributed by atoms with Crippen molar-refractivity contribution in [3.05, 3.63) is 30.1 Å². The van der Waals surface area contributed by atoms with Gasteiger partial charge in [-0.25, -0.2) is 9.78 Å². The maximum atomic E-state index is 11.0. The Bertz CT molecular complexity index is 585. The van der Waals surface area contributed by atoms with E-state index in [2.05, 4.69) is 10.3 Å². The van der Waals surface area contributed by atoms with E-state index in [1.54, 1.807) is 24.5 Å². The van der Waals surface area contributed by atoms with E-state index in [-0.39, 0.29) is 0 Å². The second kappa shape index (κ2) is 4.42. The molecule has 0 radical (unpaired) electrons. The maximum Gasteiger partial charge on any atom is 0.335 e. The van der Waals surface area contributed by atoms with Crippen LogP contribution in [-0.4, -0.2) is 33.2 Å². The first-order valence-corrected chi connectivity index (χ1v) is 6.15. The zero-order valence-corrected chi connectivity index (χ0v) is 9.97. The highest BCUT2D eigenvalue weighted by atomic mass is 16.4. The Morgan fingerprint density at radius 3 is 3.17 bits per heavy atom. The van der Waals surface area contributed by atoms with Crippen molar-refractivity contribution in [2.45, 2.75) is 25.4 Å². The molecule has 5 heteroatoms. The van der Waals surface area contributed by atoms with E-state index in [4.69, 9.17) is 5.11 Å². The third kappa shape index (κ3) is 1.97. The molecular weight excluding hydrogens is 230 g/mol. The summed E-state index contributed by atoms with van der Waals surface area (Å²) in [5.74, 6) is -0.899. The van der Waals surface area contributed by atoms with Crippen LogP contribution in [0.5, 0.6) is 0 Å². The SMILES string of the molecule is O=C(O)c1ccc2ncn(CC3CCCN3)c2c1. The minimum Gasteiger partial charge on any atom is -0.478 e. The number of hydrogen-bond acceptors (Lipinski definition) is 3. The van der Waals surface area contributed by atoms with Gasteiger partial charge in [0.1, 0.15) is 0 Å². The summed E-state index contributed by atoms with van der Waals surface area (Å²) < 4.78 is 2.03. The summed E-state index contributed by atoms with van der Waals surface area (Å²) in [6, 6.07) is 5.52. The first-order valence-electron chi connectivity index (χ1n) is 6.15. The average Bonchev–Trinajstić information content (AvgIpc) is 2.99. The molecule has 1 saturated heterocycles. The van der Waals surface area contributed by atoms with E-state index < -0.39 is 5.97 Å². The first kappa shape index (κ1) is 11.2. The predicted molar refractivity (Wildman–Crippen MR) is 67.7 cm³/mol. The summed E-state index contributed by atoms with van der Waals surface area (Å²) in [5, 5.41) is 12.4. The van der Waals surface area contributed by atoms with Crippen LogP contribution in [-0.2, 0) is 6.54 Å². The molecule has 0 bridgehead atoms. The molecule has 1 fully saturated rings. The van der Waals surface area contributed by atoms with Crippen molar-refractivity contribution in [2.75, 3.05) is 6.54 Å². The second-order valence-electron chi connectivity index (χ2n) is 4.70. The lowest BCUT2D eigenvalue weighted by Crippen LogP contribution is -2.26. The zero-order valence-electron chi connectivity index (χ0n) is 9.97. The smallest absolute Gasteiger partial charge is 0.335 e. The van der Waals surface area contributed by atoms with Gasteiger partial charge in [0.2, 0.25) is 0 Å². The number of nitrogens with zero attached hydrogens (tertiary/aromatic N) is 2. The number of carboxylic acids is 1. The number of aromatic nitrogens is 2. The van der Waals surface area contributed by atoms with Crippen LogP contribution in [0.15, 0.2) is 24.5 Å². The van der Waals surface area contributed by atoms with Crippen LogP contribution in [0.4, 0.5) is 0 Å². The van der Waals surface area contributed by atoms with Gasteiger partial charge in [0.25, 0.3) is 0 Å². The van der Waals surface area contributed by atoms with Crippen LogP contribution in [0, 0.1) is 0 Å². The Kier molecular flexibility index (Phi) is 2.76. The predicted octanol–water partition coefficient (Wildman–Crippen LogP) is 1.49. The fourth-order valence-electron chi connectivity index (χ4n) is 2.49. The Morgan fingerprint density at radius 2 is 2.44 bits per heavy atom. The van der Waals surface area contributed by atoms with E-state index in [0.717, 1.165) is 30.5 Å². The molecule has 2 N–H and O–H groups in total. The lowest BCUT2D eigenvalue weighted by Gasteiger charge is -2.11. The highest BCUT2D eigenvalue weighted by Gasteiger charge is 2.16. The summed E-state index contributed by atoms with van der Waals surface area (Å²) in [6.45, 7) is 1.91. The van der Waals surface area contributed by atoms with Crippen molar-refractivity contribution in [1.29, 1.82) is 0 Å². The highest BCUT2D eigenvalue weighted by Crippen LogP contribution is 2.17. The summed E-state index contributed by atoms with van der Waals surface area (Å²) in [4.78, 5) is 15.3. The van der Waals surface area contributed by atoms with Gasteiger partial charge in [-0.15, -0.1) is 0 Å². The number of carbonyl (C=O) groups is 1. The van der Waals surface area contributed by atoms with Crippen molar-refractivity contribution >= 4 is 17.0 Å².